The number of ether oxygens (including phenoxy) is 1. The molecule has 6 N–H and O–H groups in total. The molecule has 1 aliphatic rings. The number of anilines is 2. The molecule has 8 rings (SSSR count). The molecule has 0 atom stereocenters. The maximum atomic E-state index is 14.7. The number of para-hydroxylation sites is 1. The number of aromatic nitrogens is 10. The largest absolute Gasteiger partial charge is 0.489 e. The number of aryl methyl sites for hydroxylation is 4. The number of carbonyl (C=O) groups excluding carboxylic acids is 4. The van der Waals surface area contributed by atoms with Crippen LogP contribution in [0.5, 0.6) is 5.75 Å². The Labute approximate surface area is 329 Å². The van der Waals surface area contributed by atoms with E-state index in [2.05, 4.69) is 25.7 Å². The van der Waals surface area contributed by atoms with Crippen LogP contribution < -0.4 is 31.4 Å². The number of primary amides is 2. The van der Waals surface area contributed by atoms with E-state index in [-0.39, 0.29) is 54.2 Å². The summed E-state index contributed by atoms with van der Waals surface area (Å²) in [6, 6.07) is 14.0. The SMILES string of the molecule is CCn1nc(C)c2c1C(=O)Nc1nc3cc(C(N)=O)cc(COc4ccccc4)c3n1C/C=C/Cn1c(nc3cc(C(N)=O)cnc31)NC(=O)c1n(CC)nc(C)[n+]1-2. The van der Waals surface area contributed by atoms with E-state index in [4.69, 9.17) is 26.3 Å². The third kappa shape index (κ3) is 6.46. The second-order valence-electron chi connectivity index (χ2n) is 13.5. The number of rotatable bonds is 7. The number of allylic oxidation sites excluding steroid dienone is 2. The predicted molar refractivity (Wildman–Crippen MR) is 210 cm³/mol. The molecule has 0 saturated heterocycles. The second-order valence-corrected chi connectivity index (χ2v) is 13.5. The molecular formula is C39H39N14O5+. The van der Waals surface area contributed by atoms with Gasteiger partial charge in [0.15, 0.2) is 17.0 Å². The zero-order valence-corrected chi connectivity index (χ0v) is 32.1. The average molecular weight is 784 g/mol. The molecule has 0 spiro atoms. The summed E-state index contributed by atoms with van der Waals surface area (Å²) in [6.45, 7) is 8.24. The molecule has 0 radical (unpaired) electrons. The van der Waals surface area contributed by atoms with Crippen LogP contribution in [0.15, 0.2) is 66.9 Å². The van der Waals surface area contributed by atoms with Crippen LogP contribution in [0.25, 0.3) is 27.9 Å². The second kappa shape index (κ2) is 14.8. The number of benzene rings is 2. The monoisotopic (exact) mass is 783 g/mol. The lowest BCUT2D eigenvalue weighted by Gasteiger charge is -2.14. The van der Waals surface area contributed by atoms with Crippen molar-refractivity contribution in [2.45, 2.75) is 60.5 Å². The van der Waals surface area contributed by atoms with Gasteiger partial charge in [0.05, 0.1) is 22.3 Å². The molecule has 19 nitrogen and oxygen atoms in total. The molecule has 19 heteroatoms. The first-order valence-corrected chi connectivity index (χ1v) is 18.5. The minimum absolute atomic E-state index is 0.0551. The Hall–Kier alpha value is -7.70. The first-order valence-electron chi connectivity index (χ1n) is 18.5. The van der Waals surface area contributed by atoms with Crippen molar-refractivity contribution in [3.63, 3.8) is 0 Å². The lowest BCUT2D eigenvalue weighted by Crippen LogP contribution is -2.44. The van der Waals surface area contributed by atoms with E-state index >= 15 is 0 Å². The molecule has 0 fully saturated rings. The number of imidazole rings is 2. The molecule has 6 heterocycles. The molecular weight excluding hydrogens is 745 g/mol. The van der Waals surface area contributed by atoms with Crippen molar-refractivity contribution in [1.29, 1.82) is 0 Å². The van der Waals surface area contributed by atoms with E-state index in [1.807, 2.05) is 60.9 Å². The number of hydrogen-bond acceptors (Lipinski definition) is 10. The van der Waals surface area contributed by atoms with E-state index < -0.39 is 23.6 Å². The first-order chi connectivity index (χ1) is 28.0. The predicted octanol–water partition coefficient (Wildman–Crippen LogP) is 2.96. The Kier molecular flexibility index (Phi) is 9.47. The van der Waals surface area contributed by atoms with E-state index in [9.17, 15) is 19.2 Å². The van der Waals surface area contributed by atoms with Crippen molar-refractivity contribution in [3.05, 3.63) is 107 Å². The molecule has 0 saturated carbocycles. The molecule has 294 valence electrons. The van der Waals surface area contributed by atoms with Gasteiger partial charge in [0.25, 0.3) is 11.7 Å². The molecule has 2 aromatic carbocycles. The quantitative estimate of drug-likeness (QED) is 0.136. The number of hydrogen-bond donors (Lipinski definition) is 4. The zero-order valence-electron chi connectivity index (χ0n) is 32.1. The number of nitrogens with one attached hydrogen (secondary N) is 2. The molecule has 1 aliphatic heterocycles. The Morgan fingerprint density at radius 2 is 1.48 bits per heavy atom. The topological polar surface area (TPSA) is 242 Å². The number of nitrogens with two attached hydrogens (primary N) is 2. The van der Waals surface area contributed by atoms with Crippen molar-refractivity contribution in [3.8, 4) is 11.4 Å². The van der Waals surface area contributed by atoms with Crippen LogP contribution in [-0.4, -0.2) is 67.3 Å². The summed E-state index contributed by atoms with van der Waals surface area (Å²) in [7, 11) is 0. The molecule has 0 aliphatic carbocycles. The maximum Gasteiger partial charge on any atom is 0.331 e. The van der Waals surface area contributed by atoms with Gasteiger partial charge in [-0.05, 0) is 51.1 Å². The molecule has 7 aromatic rings. The molecule has 4 amide bonds. The smallest absolute Gasteiger partial charge is 0.331 e. The van der Waals surface area contributed by atoms with Gasteiger partial charge in [0.2, 0.25) is 23.7 Å². The number of carbonyl (C=O) groups is 4. The van der Waals surface area contributed by atoms with Crippen LogP contribution in [-0.2, 0) is 32.8 Å². The fourth-order valence-corrected chi connectivity index (χ4v) is 7.19. The highest BCUT2D eigenvalue weighted by Gasteiger charge is 2.37. The van der Waals surface area contributed by atoms with Crippen LogP contribution in [0, 0.1) is 13.8 Å². The summed E-state index contributed by atoms with van der Waals surface area (Å²) in [5.74, 6) is -1.00. The highest BCUT2D eigenvalue weighted by molar-refractivity contribution is 6.06. The maximum absolute atomic E-state index is 14.7. The summed E-state index contributed by atoms with van der Waals surface area (Å²) >= 11 is 0. The Morgan fingerprint density at radius 3 is 2.19 bits per heavy atom. The van der Waals surface area contributed by atoms with Gasteiger partial charge >= 0.3 is 11.7 Å². The first kappa shape index (κ1) is 37.2. The summed E-state index contributed by atoms with van der Waals surface area (Å²) in [6.07, 6.45) is 5.06. The summed E-state index contributed by atoms with van der Waals surface area (Å²) < 4.78 is 14.3. The van der Waals surface area contributed by atoms with Gasteiger partial charge in [0, 0.05) is 49.0 Å². The lowest BCUT2D eigenvalue weighted by atomic mass is 10.1. The minimum atomic E-state index is -0.676. The Bertz CT molecular complexity index is 2850. The third-order valence-corrected chi connectivity index (χ3v) is 9.79. The summed E-state index contributed by atoms with van der Waals surface area (Å²) in [5.41, 5.74) is 15.0. The Morgan fingerprint density at radius 1 is 0.828 bits per heavy atom. The van der Waals surface area contributed by atoms with E-state index in [0.717, 1.165) is 0 Å². The summed E-state index contributed by atoms with van der Waals surface area (Å²) in [4.78, 5) is 67.7. The molecule has 5 aromatic heterocycles. The van der Waals surface area contributed by atoms with Crippen molar-refractivity contribution < 1.29 is 28.5 Å². The lowest BCUT2D eigenvalue weighted by molar-refractivity contribution is -0.606. The molecule has 0 bridgehead atoms. The molecule has 58 heavy (non-hydrogen) atoms. The highest BCUT2D eigenvalue weighted by atomic mass is 16.5. The van der Waals surface area contributed by atoms with Crippen LogP contribution in [0.3, 0.4) is 0 Å². The van der Waals surface area contributed by atoms with Crippen molar-refractivity contribution in [2.75, 3.05) is 10.6 Å². The third-order valence-electron chi connectivity index (χ3n) is 9.79. The van der Waals surface area contributed by atoms with E-state index in [0.29, 0.717) is 63.8 Å². The van der Waals surface area contributed by atoms with E-state index in [1.54, 1.807) is 39.8 Å². The zero-order chi connectivity index (χ0) is 40.8. The fraction of sp³-hybridized carbons (Fsp3) is 0.231. The highest BCUT2D eigenvalue weighted by Crippen LogP contribution is 2.29. The average Bonchev–Trinajstić information content (AvgIpc) is 3.94. The van der Waals surface area contributed by atoms with Crippen LogP contribution in [0.1, 0.15) is 72.8 Å². The van der Waals surface area contributed by atoms with Gasteiger partial charge in [-0.1, -0.05) is 30.4 Å². The number of amides is 4. The normalized spacial score (nSPS) is 13.7. The number of nitrogens with zero attached hydrogens (tertiary/aromatic N) is 10. The fourth-order valence-electron chi connectivity index (χ4n) is 7.19. The van der Waals surface area contributed by atoms with Gasteiger partial charge in [-0.2, -0.15) is 9.67 Å². The minimum Gasteiger partial charge on any atom is -0.489 e. The number of fused-ring (bicyclic) bond motifs is 9. The van der Waals surface area contributed by atoms with Crippen molar-refractivity contribution >= 4 is 57.7 Å². The van der Waals surface area contributed by atoms with Crippen molar-refractivity contribution in [2.24, 2.45) is 11.5 Å². The standard InChI is InChI=1S/C39H38N14O5/c1-5-51-31-29(21(3)47-51)53-22(4)48-52(6-2)37(53)36(57)46-39-44-28-18-24(33(41)55)19-42-34(28)50(39)15-11-10-14-49-30-25(20-58-26-12-8-7-9-13-26)16-23(32(40)54)17-27(30)43-38(49)45-35(31)56/h7-13,16-19H,5-6,14-15,20H2,1-4H3,(H5-,40,41,43,44,45,46,54,55,56,57)/p+1/b11-10+. The number of pyridine rings is 1. The van der Waals surface area contributed by atoms with Gasteiger partial charge in [-0.25, -0.2) is 15.0 Å². The Balaban J connectivity index is 1.36. The molecule has 0 unspecified atom stereocenters. The van der Waals surface area contributed by atoms with Gasteiger partial charge in [-0.15, -0.1) is 4.68 Å². The van der Waals surface area contributed by atoms with Gasteiger partial charge in [0.1, 0.15) is 24.4 Å². The van der Waals surface area contributed by atoms with Gasteiger partial charge < -0.3 is 20.8 Å². The van der Waals surface area contributed by atoms with E-state index in [1.165, 1.54) is 16.9 Å². The van der Waals surface area contributed by atoms with Crippen molar-refractivity contribution in [1.82, 2.24) is 43.6 Å². The summed E-state index contributed by atoms with van der Waals surface area (Å²) in [5, 5.41) is 15.3. The van der Waals surface area contributed by atoms with Crippen LogP contribution in [0.2, 0.25) is 0 Å². The van der Waals surface area contributed by atoms with Crippen LogP contribution >= 0.6 is 0 Å². The van der Waals surface area contributed by atoms with Gasteiger partial charge in [-0.3, -0.25) is 39.1 Å². The van der Waals surface area contributed by atoms with Crippen LogP contribution in [0.4, 0.5) is 11.9 Å².